The van der Waals surface area contributed by atoms with Crippen molar-refractivity contribution in [2.24, 2.45) is 5.18 Å². The first-order valence-corrected chi connectivity index (χ1v) is 4.37. The Balaban J connectivity index is 3.03. The highest BCUT2D eigenvalue weighted by atomic mass is 16.5. The molecular weight excluding hydrogens is 194 g/mol. The molecule has 0 heterocycles. The molecule has 4 heteroatoms. The van der Waals surface area contributed by atoms with Gasteiger partial charge in [-0.05, 0) is 35.9 Å². The molecule has 0 radical (unpaired) electrons. The molecule has 78 valence electrons. The lowest BCUT2D eigenvalue weighted by Gasteiger charge is -2.02. The van der Waals surface area contributed by atoms with Crippen LogP contribution in [0.25, 0.3) is 6.08 Å². The zero-order valence-electron chi connectivity index (χ0n) is 8.56. The number of hydrogen-bond donors (Lipinski definition) is 0. The van der Waals surface area contributed by atoms with Gasteiger partial charge < -0.3 is 4.74 Å². The van der Waals surface area contributed by atoms with E-state index in [1.165, 1.54) is 20.1 Å². The summed E-state index contributed by atoms with van der Waals surface area (Å²) in [5.74, 6) is 0.363. The molecule has 0 amide bonds. The van der Waals surface area contributed by atoms with Gasteiger partial charge in [-0.15, -0.1) is 4.91 Å². The van der Waals surface area contributed by atoms with Crippen molar-refractivity contribution in [2.75, 3.05) is 7.11 Å². The fourth-order valence-corrected chi connectivity index (χ4v) is 1.09. The van der Waals surface area contributed by atoms with E-state index in [0.717, 1.165) is 5.56 Å². The third-order valence-corrected chi connectivity index (χ3v) is 1.81. The van der Waals surface area contributed by atoms with E-state index in [2.05, 4.69) is 5.18 Å². The first kappa shape index (κ1) is 11.1. The summed E-state index contributed by atoms with van der Waals surface area (Å²) in [6.07, 6.45) is 3.10. The molecule has 0 unspecified atom stereocenters. The predicted molar refractivity (Wildman–Crippen MR) is 58.2 cm³/mol. The molecule has 0 saturated carbocycles. The van der Waals surface area contributed by atoms with Gasteiger partial charge in [0.2, 0.25) is 0 Å². The first-order valence-electron chi connectivity index (χ1n) is 4.37. The lowest BCUT2D eigenvalue weighted by molar-refractivity contribution is -0.112. The summed E-state index contributed by atoms with van der Waals surface area (Å²) in [5.41, 5.74) is 1.03. The van der Waals surface area contributed by atoms with E-state index in [9.17, 15) is 9.70 Å². The van der Waals surface area contributed by atoms with Crippen molar-refractivity contribution >= 4 is 17.5 Å². The fraction of sp³-hybridized carbons (Fsp3) is 0.182. The molecule has 1 rings (SSSR count). The zero-order chi connectivity index (χ0) is 11.3. The number of hydrogen-bond acceptors (Lipinski definition) is 4. The first-order chi connectivity index (χ1) is 7.17. The predicted octanol–water partition coefficient (Wildman–Crippen LogP) is 2.70. The van der Waals surface area contributed by atoms with Gasteiger partial charge in [-0.2, -0.15) is 0 Å². The number of carbonyl (C=O) groups is 1. The minimum atomic E-state index is -0.0356. The molecule has 0 saturated heterocycles. The van der Waals surface area contributed by atoms with Crippen LogP contribution in [0, 0.1) is 4.91 Å². The largest absolute Gasteiger partial charge is 0.494 e. The van der Waals surface area contributed by atoms with Crippen molar-refractivity contribution in [1.82, 2.24) is 0 Å². The summed E-state index contributed by atoms with van der Waals surface area (Å²) in [6.45, 7) is 1.47. The van der Waals surface area contributed by atoms with E-state index in [4.69, 9.17) is 4.74 Å². The van der Waals surface area contributed by atoms with Crippen LogP contribution in [0.1, 0.15) is 12.5 Å². The van der Waals surface area contributed by atoms with Crippen LogP contribution in [0.3, 0.4) is 0 Å². The van der Waals surface area contributed by atoms with Crippen LogP contribution in [-0.4, -0.2) is 12.9 Å². The minimum absolute atomic E-state index is 0.0356. The lowest BCUT2D eigenvalue weighted by atomic mass is 10.1. The molecule has 0 aromatic heterocycles. The molecule has 15 heavy (non-hydrogen) atoms. The topological polar surface area (TPSA) is 55.7 Å². The fourth-order valence-electron chi connectivity index (χ4n) is 1.09. The third kappa shape index (κ3) is 3.02. The van der Waals surface area contributed by atoms with Crippen LogP contribution in [0.4, 0.5) is 5.69 Å². The van der Waals surface area contributed by atoms with Crippen LogP contribution < -0.4 is 4.74 Å². The minimum Gasteiger partial charge on any atom is -0.494 e. The number of benzene rings is 1. The van der Waals surface area contributed by atoms with Gasteiger partial charge >= 0.3 is 0 Å². The number of ketones is 1. The Bertz CT molecular complexity index is 410. The van der Waals surface area contributed by atoms with Crippen molar-refractivity contribution in [2.45, 2.75) is 6.92 Å². The molecule has 0 aliphatic rings. The molecular formula is C11H11NO3. The molecule has 4 nitrogen and oxygen atoms in total. The Morgan fingerprint density at radius 3 is 2.73 bits per heavy atom. The maximum absolute atomic E-state index is 10.7. The van der Waals surface area contributed by atoms with Gasteiger partial charge in [0.15, 0.2) is 5.78 Å². The smallest absolute Gasteiger partial charge is 0.152 e. The van der Waals surface area contributed by atoms with E-state index in [1.54, 1.807) is 24.3 Å². The summed E-state index contributed by atoms with van der Waals surface area (Å²) in [7, 11) is 1.46. The normalized spacial score (nSPS) is 10.3. The number of rotatable bonds is 4. The van der Waals surface area contributed by atoms with Crippen LogP contribution >= 0.6 is 0 Å². The average molecular weight is 205 g/mol. The second kappa shape index (κ2) is 5.05. The third-order valence-electron chi connectivity index (χ3n) is 1.81. The molecule has 0 aliphatic carbocycles. The number of nitroso groups, excluding NO2 is 1. The highest BCUT2D eigenvalue weighted by Gasteiger charge is 2.02. The Labute approximate surface area is 87.5 Å². The van der Waals surface area contributed by atoms with E-state index >= 15 is 0 Å². The van der Waals surface area contributed by atoms with Crippen LogP contribution in [0.2, 0.25) is 0 Å². The number of methoxy groups -OCH3 is 1. The molecule has 0 N–H and O–H groups in total. The molecule has 0 fully saturated rings. The zero-order valence-corrected chi connectivity index (χ0v) is 8.56. The average Bonchev–Trinajstić information content (AvgIpc) is 2.25. The summed E-state index contributed by atoms with van der Waals surface area (Å²) >= 11 is 0. The van der Waals surface area contributed by atoms with E-state index < -0.39 is 0 Å². The maximum atomic E-state index is 10.7. The van der Waals surface area contributed by atoms with Crippen molar-refractivity contribution in [1.29, 1.82) is 0 Å². The monoisotopic (exact) mass is 205 g/mol. The number of carbonyl (C=O) groups excluding carboxylic acids is 1. The molecule has 0 atom stereocenters. The Kier molecular flexibility index (Phi) is 3.74. The maximum Gasteiger partial charge on any atom is 0.152 e. The summed E-state index contributed by atoms with van der Waals surface area (Å²) in [5, 5.41) is 2.81. The van der Waals surface area contributed by atoms with Gasteiger partial charge in [-0.1, -0.05) is 12.1 Å². The van der Waals surface area contributed by atoms with Crippen LogP contribution in [-0.2, 0) is 4.79 Å². The molecule has 1 aromatic carbocycles. The summed E-state index contributed by atoms with van der Waals surface area (Å²) in [6, 6.07) is 4.89. The molecule has 0 aliphatic heterocycles. The number of allylic oxidation sites excluding steroid dienone is 1. The van der Waals surface area contributed by atoms with Crippen molar-refractivity contribution in [3.8, 4) is 5.75 Å². The van der Waals surface area contributed by atoms with Gasteiger partial charge in [0.1, 0.15) is 11.4 Å². The Hall–Kier alpha value is -1.97. The summed E-state index contributed by atoms with van der Waals surface area (Å²) in [4.78, 5) is 21.1. The Morgan fingerprint density at radius 2 is 2.20 bits per heavy atom. The van der Waals surface area contributed by atoms with Gasteiger partial charge in [0.05, 0.1) is 7.11 Å². The summed E-state index contributed by atoms with van der Waals surface area (Å²) < 4.78 is 4.97. The molecule has 0 spiro atoms. The molecule has 1 aromatic rings. The van der Waals surface area contributed by atoms with E-state index in [-0.39, 0.29) is 11.5 Å². The highest BCUT2D eigenvalue weighted by Crippen LogP contribution is 2.28. The van der Waals surface area contributed by atoms with Gasteiger partial charge in [0, 0.05) is 0 Å². The van der Waals surface area contributed by atoms with E-state index in [1.807, 2.05) is 0 Å². The van der Waals surface area contributed by atoms with Gasteiger partial charge in [-0.25, -0.2) is 0 Å². The second-order valence-electron chi connectivity index (χ2n) is 2.97. The van der Waals surface area contributed by atoms with Crippen LogP contribution in [0.15, 0.2) is 29.5 Å². The molecule has 0 bridgehead atoms. The van der Waals surface area contributed by atoms with Crippen molar-refractivity contribution in [3.05, 3.63) is 34.7 Å². The number of nitrogens with zero attached hydrogens (tertiary/aromatic N) is 1. The number of ether oxygens (including phenoxy) is 1. The van der Waals surface area contributed by atoms with Crippen molar-refractivity contribution in [3.63, 3.8) is 0 Å². The van der Waals surface area contributed by atoms with Crippen molar-refractivity contribution < 1.29 is 9.53 Å². The standard InChI is InChI=1S/C11H11NO3/c1-8(13)3-4-9-5-6-10(12-14)11(7-9)15-2/h3-7H,1-2H3/b4-3+. The second-order valence-corrected chi connectivity index (χ2v) is 2.97. The SMILES string of the molecule is COc1cc(/C=C/C(C)=O)ccc1N=O. The van der Waals surface area contributed by atoms with Gasteiger partial charge in [-0.3, -0.25) is 4.79 Å². The highest BCUT2D eigenvalue weighted by molar-refractivity contribution is 5.91. The van der Waals surface area contributed by atoms with Crippen LogP contribution in [0.5, 0.6) is 5.75 Å². The quantitative estimate of drug-likeness (QED) is 0.561. The van der Waals surface area contributed by atoms with Gasteiger partial charge in [0.25, 0.3) is 0 Å². The lowest BCUT2D eigenvalue weighted by Crippen LogP contribution is -1.85. The van der Waals surface area contributed by atoms with E-state index in [0.29, 0.717) is 5.75 Å². The Morgan fingerprint density at radius 1 is 1.47 bits per heavy atom.